The van der Waals surface area contributed by atoms with E-state index in [9.17, 15) is 13.2 Å². The van der Waals surface area contributed by atoms with Crippen LogP contribution in [0.3, 0.4) is 0 Å². The molecule has 19 heavy (non-hydrogen) atoms. The third-order valence-corrected chi connectivity index (χ3v) is 3.43. The zero-order valence-electron chi connectivity index (χ0n) is 9.72. The van der Waals surface area contributed by atoms with Crippen LogP contribution < -0.4 is 0 Å². The molecule has 0 saturated heterocycles. The molecule has 1 heterocycles. The lowest BCUT2D eigenvalue weighted by atomic mass is 10.1. The number of rotatable bonds is 1. The van der Waals surface area contributed by atoms with Gasteiger partial charge in [-0.05, 0) is 30.7 Å². The van der Waals surface area contributed by atoms with Crippen molar-refractivity contribution in [2.45, 2.75) is 13.1 Å². The van der Waals surface area contributed by atoms with Crippen LogP contribution in [0, 0.1) is 6.92 Å². The molecular formula is C13H8Cl2F3N. The lowest BCUT2D eigenvalue weighted by molar-refractivity contribution is -0.137. The largest absolute Gasteiger partial charge is 0.417 e. The Morgan fingerprint density at radius 3 is 2.37 bits per heavy atom. The van der Waals surface area contributed by atoms with Gasteiger partial charge < -0.3 is 0 Å². The summed E-state index contributed by atoms with van der Waals surface area (Å²) < 4.78 is 38.3. The van der Waals surface area contributed by atoms with Gasteiger partial charge in [-0.2, -0.15) is 13.2 Å². The van der Waals surface area contributed by atoms with E-state index >= 15 is 0 Å². The summed E-state index contributed by atoms with van der Waals surface area (Å²) in [5.74, 6) is 0. The Morgan fingerprint density at radius 1 is 1.11 bits per heavy atom. The van der Waals surface area contributed by atoms with Gasteiger partial charge in [0, 0.05) is 16.8 Å². The van der Waals surface area contributed by atoms with Gasteiger partial charge in [0.05, 0.1) is 16.3 Å². The molecule has 0 saturated carbocycles. The van der Waals surface area contributed by atoms with Crippen molar-refractivity contribution >= 4 is 23.2 Å². The molecule has 2 rings (SSSR count). The van der Waals surface area contributed by atoms with Gasteiger partial charge in [-0.3, -0.25) is 4.98 Å². The van der Waals surface area contributed by atoms with E-state index in [-0.39, 0.29) is 5.69 Å². The summed E-state index contributed by atoms with van der Waals surface area (Å²) in [7, 11) is 0. The molecule has 0 atom stereocenters. The van der Waals surface area contributed by atoms with Crippen molar-refractivity contribution in [3.63, 3.8) is 0 Å². The van der Waals surface area contributed by atoms with E-state index in [2.05, 4.69) is 4.98 Å². The van der Waals surface area contributed by atoms with Gasteiger partial charge >= 0.3 is 6.18 Å². The summed E-state index contributed by atoms with van der Waals surface area (Å²) in [6.07, 6.45) is -3.41. The third-order valence-electron chi connectivity index (χ3n) is 2.63. The van der Waals surface area contributed by atoms with Crippen LogP contribution in [0.5, 0.6) is 0 Å². The van der Waals surface area contributed by atoms with Gasteiger partial charge in [-0.25, -0.2) is 0 Å². The quantitative estimate of drug-likeness (QED) is 0.689. The number of pyridine rings is 1. The molecule has 1 nitrogen and oxygen atoms in total. The first-order valence-electron chi connectivity index (χ1n) is 5.29. The fourth-order valence-electron chi connectivity index (χ4n) is 1.66. The highest BCUT2D eigenvalue weighted by Crippen LogP contribution is 2.39. The number of benzene rings is 1. The highest BCUT2D eigenvalue weighted by atomic mass is 35.5. The molecule has 100 valence electrons. The molecule has 2 aromatic rings. The first kappa shape index (κ1) is 14.2. The molecule has 0 unspecified atom stereocenters. The molecule has 0 N–H and O–H groups in total. The minimum atomic E-state index is -4.50. The lowest BCUT2D eigenvalue weighted by Gasteiger charge is -2.12. The summed E-state index contributed by atoms with van der Waals surface area (Å²) in [5.41, 5.74) is 0.440. The van der Waals surface area contributed by atoms with Crippen LogP contribution >= 0.6 is 23.2 Å². The Kier molecular flexibility index (Phi) is 3.74. The van der Waals surface area contributed by atoms with Crippen molar-refractivity contribution < 1.29 is 13.2 Å². The summed E-state index contributed by atoms with van der Waals surface area (Å²) >= 11 is 11.7. The molecule has 0 amide bonds. The van der Waals surface area contributed by atoms with E-state index < -0.39 is 16.8 Å². The molecule has 6 heteroatoms. The Hall–Kier alpha value is -1.26. The minimum absolute atomic E-state index is 0.0938. The van der Waals surface area contributed by atoms with Crippen molar-refractivity contribution in [2.24, 2.45) is 0 Å². The van der Waals surface area contributed by atoms with Gasteiger partial charge in [0.2, 0.25) is 0 Å². The van der Waals surface area contributed by atoms with E-state index in [4.69, 9.17) is 23.2 Å². The second-order valence-corrected chi connectivity index (χ2v) is 4.77. The van der Waals surface area contributed by atoms with Gasteiger partial charge in [0.15, 0.2) is 0 Å². The Bertz CT molecular complexity index is 624. The molecule has 0 radical (unpaired) electrons. The molecule has 0 fully saturated rings. The zero-order chi connectivity index (χ0) is 14.2. The van der Waals surface area contributed by atoms with E-state index in [0.29, 0.717) is 10.6 Å². The van der Waals surface area contributed by atoms with Crippen LogP contribution in [0.2, 0.25) is 10.0 Å². The van der Waals surface area contributed by atoms with E-state index in [1.165, 1.54) is 0 Å². The van der Waals surface area contributed by atoms with Crippen LogP contribution in [0.1, 0.15) is 11.1 Å². The maximum absolute atomic E-state index is 12.8. The summed E-state index contributed by atoms with van der Waals surface area (Å²) in [6, 6.07) is 5.69. The maximum Gasteiger partial charge on any atom is 0.417 e. The minimum Gasteiger partial charge on any atom is -0.255 e. The predicted molar refractivity (Wildman–Crippen MR) is 69.4 cm³/mol. The first-order chi connectivity index (χ1) is 8.80. The number of nitrogens with zero attached hydrogens (tertiary/aromatic N) is 1. The number of alkyl halides is 3. The van der Waals surface area contributed by atoms with E-state index in [1.807, 2.05) is 0 Å². The highest BCUT2D eigenvalue weighted by molar-refractivity contribution is 6.34. The number of aryl methyl sites for hydroxylation is 1. The zero-order valence-corrected chi connectivity index (χ0v) is 11.2. The molecular weight excluding hydrogens is 298 g/mol. The molecule has 0 aliphatic rings. The average molecular weight is 306 g/mol. The Balaban J connectivity index is 2.60. The molecule has 0 spiro atoms. The average Bonchev–Trinajstić information content (AvgIpc) is 2.32. The molecule has 1 aromatic carbocycles. The summed E-state index contributed by atoms with van der Waals surface area (Å²) in [4.78, 5) is 3.92. The monoisotopic (exact) mass is 305 g/mol. The summed E-state index contributed by atoms with van der Waals surface area (Å²) in [6.45, 7) is 1.76. The second-order valence-electron chi connectivity index (χ2n) is 3.98. The lowest BCUT2D eigenvalue weighted by Crippen LogP contribution is -2.07. The number of hydrogen-bond donors (Lipinski definition) is 0. The second kappa shape index (κ2) is 5.02. The highest BCUT2D eigenvalue weighted by Gasteiger charge is 2.34. The van der Waals surface area contributed by atoms with Crippen LogP contribution in [0.15, 0.2) is 30.5 Å². The standard InChI is InChI=1S/C13H8Cl2F3N/c1-7-6-8(2-3-10(7)14)12-11(15)9(4-5-19-12)13(16,17)18/h2-6H,1H3. The van der Waals surface area contributed by atoms with E-state index in [1.54, 1.807) is 25.1 Å². The van der Waals surface area contributed by atoms with Crippen molar-refractivity contribution in [1.82, 2.24) is 4.98 Å². The van der Waals surface area contributed by atoms with Gasteiger partial charge in [-0.1, -0.05) is 29.3 Å². The number of aromatic nitrogens is 1. The van der Waals surface area contributed by atoms with Crippen LogP contribution in [-0.4, -0.2) is 4.98 Å². The topological polar surface area (TPSA) is 12.9 Å². The van der Waals surface area contributed by atoms with Crippen molar-refractivity contribution in [2.75, 3.05) is 0 Å². The van der Waals surface area contributed by atoms with Crippen molar-refractivity contribution in [3.8, 4) is 11.3 Å². The Morgan fingerprint density at radius 2 is 1.79 bits per heavy atom. The van der Waals surface area contributed by atoms with Crippen molar-refractivity contribution in [1.29, 1.82) is 0 Å². The predicted octanol–water partition coefficient (Wildman–Crippen LogP) is 5.38. The van der Waals surface area contributed by atoms with Gasteiger partial charge in [0.1, 0.15) is 0 Å². The number of hydrogen-bond acceptors (Lipinski definition) is 1. The van der Waals surface area contributed by atoms with Crippen LogP contribution in [-0.2, 0) is 6.18 Å². The first-order valence-corrected chi connectivity index (χ1v) is 6.04. The van der Waals surface area contributed by atoms with Crippen molar-refractivity contribution in [3.05, 3.63) is 51.6 Å². The third kappa shape index (κ3) is 2.85. The molecule has 0 aliphatic carbocycles. The fourth-order valence-corrected chi connectivity index (χ4v) is 2.10. The van der Waals surface area contributed by atoms with Crippen LogP contribution in [0.4, 0.5) is 13.2 Å². The van der Waals surface area contributed by atoms with Gasteiger partial charge in [0.25, 0.3) is 0 Å². The van der Waals surface area contributed by atoms with E-state index in [0.717, 1.165) is 17.8 Å². The van der Waals surface area contributed by atoms with Gasteiger partial charge in [-0.15, -0.1) is 0 Å². The summed E-state index contributed by atoms with van der Waals surface area (Å²) in [5, 5.41) is 0.128. The molecule has 0 bridgehead atoms. The fraction of sp³-hybridized carbons (Fsp3) is 0.154. The molecule has 1 aromatic heterocycles. The maximum atomic E-state index is 12.8. The normalized spacial score (nSPS) is 11.7. The smallest absolute Gasteiger partial charge is 0.255 e. The SMILES string of the molecule is Cc1cc(-c2nccc(C(F)(F)F)c2Cl)ccc1Cl. The number of halogens is 5. The Labute approximate surface area is 118 Å². The molecule has 0 aliphatic heterocycles. The van der Waals surface area contributed by atoms with Crippen LogP contribution in [0.25, 0.3) is 11.3 Å².